The topological polar surface area (TPSA) is 63.9 Å². The van der Waals surface area contributed by atoms with Gasteiger partial charge in [-0.2, -0.15) is 0 Å². The van der Waals surface area contributed by atoms with Crippen molar-refractivity contribution in [3.05, 3.63) is 58.8 Å². The first-order valence-electron chi connectivity index (χ1n) is 6.81. The number of rotatable bonds is 4. The van der Waals surface area contributed by atoms with Gasteiger partial charge in [0, 0.05) is 18.6 Å². The van der Waals surface area contributed by atoms with Gasteiger partial charge in [-0.05, 0) is 19.1 Å². The summed E-state index contributed by atoms with van der Waals surface area (Å²) in [7, 11) is 1.76. The molecule has 22 heavy (non-hydrogen) atoms. The van der Waals surface area contributed by atoms with E-state index < -0.39 is 0 Å². The molecule has 0 aliphatic carbocycles. The van der Waals surface area contributed by atoms with Crippen LogP contribution in [0.2, 0.25) is 0 Å². The third-order valence-electron chi connectivity index (χ3n) is 3.48. The number of carbonyl (C=O) groups excluding carboxylic acids is 1. The molecule has 3 rings (SSSR count). The van der Waals surface area contributed by atoms with Crippen molar-refractivity contribution in [2.24, 2.45) is 0 Å². The number of amides is 1. The lowest BCUT2D eigenvalue weighted by molar-refractivity contribution is 0.0733. The summed E-state index contributed by atoms with van der Waals surface area (Å²) < 4.78 is 1.55. The maximum Gasteiger partial charge on any atom is 0.274 e. The predicted octanol–water partition coefficient (Wildman–Crippen LogP) is 2.56. The average Bonchev–Trinajstić information content (AvgIpc) is 3.24. The number of hydrogen-bond acceptors (Lipinski definition) is 5. The van der Waals surface area contributed by atoms with E-state index in [1.807, 2.05) is 42.6 Å². The summed E-state index contributed by atoms with van der Waals surface area (Å²) in [6.07, 6.45) is 3.23. The minimum atomic E-state index is -0.142. The number of para-hydroxylation sites is 1. The van der Waals surface area contributed by atoms with Gasteiger partial charge in [-0.25, -0.2) is 9.67 Å². The first-order valence-corrected chi connectivity index (χ1v) is 7.69. The number of benzene rings is 1. The SMILES string of the molecule is C[C@@H](c1nccs1)N(C)C(=O)c1cnnn1-c1ccccc1. The van der Waals surface area contributed by atoms with E-state index in [2.05, 4.69) is 15.3 Å². The van der Waals surface area contributed by atoms with Crippen LogP contribution in [0.1, 0.15) is 28.5 Å². The molecule has 0 aliphatic rings. The molecule has 1 aromatic carbocycles. The third kappa shape index (κ3) is 2.62. The third-order valence-corrected chi connectivity index (χ3v) is 4.43. The highest BCUT2D eigenvalue weighted by atomic mass is 32.1. The first-order chi connectivity index (χ1) is 10.7. The standard InChI is InChI=1S/C15H15N5OS/c1-11(14-16-8-9-22-14)19(2)15(21)13-10-17-18-20(13)12-6-4-3-5-7-12/h3-11H,1-2H3/t11-/m0/s1. The summed E-state index contributed by atoms with van der Waals surface area (Å²) >= 11 is 1.53. The molecular weight excluding hydrogens is 298 g/mol. The predicted molar refractivity (Wildman–Crippen MR) is 84.0 cm³/mol. The number of nitrogens with zero attached hydrogens (tertiary/aromatic N) is 5. The number of thiazole rings is 1. The molecule has 0 fully saturated rings. The Morgan fingerprint density at radius 1 is 1.32 bits per heavy atom. The Morgan fingerprint density at radius 3 is 2.77 bits per heavy atom. The minimum absolute atomic E-state index is 0.105. The molecule has 0 saturated carbocycles. The lowest BCUT2D eigenvalue weighted by Crippen LogP contribution is -2.31. The van der Waals surface area contributed by atoms with Gasteiger partial charge in [0.15, 0.2) is 5.69 Å². The van der Waals surface area contributed by atoms with Gasteiger partial charge >= 0.3 is 0 Å². The van der Waals surface area contributed by atoms with Gasteiger partial charge in [-0.15, -0.1) is 16.4 Å². The highest BCUT2D eigenvalue weighted by Crippen LogP contribution is 2.22. The summed E-state index contributed by atoms with van der Waals surface area (Å²) in [5, 5.41) is 10.7. The Hall–Kier alpha value is -2.54. The van der Waals surface area contributed by atoms with E-state index in [0.717, 1.165) is 10.7 Å². The summed E-state index contributed by atoms with van der Waals surface area (Å²) in [6.45, 7) is 1.95. The van der Waals surface area contributed by atoms with E-state index >= 15 is 0 Å². The maximum atomic E-state index is 12.7. The molecule has 0 bridgehead atoms. The average molecular weight is 313 g/mol. The van der Waals surface area contributed by atoms with E-state index in [0.29, 0.717) is 5.69 Å². The largest absolute Gasteiger partial charge is 0.331 e. The smallest absolute Gasteiger partial charge is 0.274 e. The fourth-order valence-corrected chi connectivity index (χ4v) is 2.84. The molecule has 0 unspecified atom stereocenters. The van der Waals surface area contributed by atoms with Crippen molar-refractivity contribution in [2.75, 3.05) is 7.05 Å². The molecule has 2 heterocycles. The molecule has 3 aromatic rings. The van der Waals surface area contributed by atoms with Gasteiger partial charge in [0.05, 0.1) is 17.9 Å². The summed E-state index contributed by atoms with van der Waals surface area (Å²) in [4.78, 5) is 18.7. The van der Waals surface area contributed by atoms with Crippen LogP contribution in [0.4, 0.5) is 0 Å². The summed E-state index contributed by atoms with van der Waals surface area (Å²) in [5.74, 6) is -0.142. The molecule has 7 heteroatoms. The van der Waals surface area contributed by atoms with Gasteiger partial charge in [-0.3, -0.25) is 4.79 Å². The van der Waals surface area contributed by atoms with Crippen molar-refractivity contribution in [3.63, 3.8) is 0 Å². The Bertz CT molecular complexity index is 753. The molecule has 6 nitrogen and oxygen atoms in total. The van der Waals surface area contributed by atoms with Crippen LogP contribution in [-0.4, -0.2) is 37.8 Å². The Kier molecular flexibility index (Phi) is 3.97. The number of hydrogen-bond donors (Lipinski definition) is 0. The lowest BCUT2D eigenvalue weighted by Gasteiger charge is -2.23. The lowest BCUT2D eigenvalue weighted by atomic mass is 10.2. The zero-order chi connectivity index (χ0) is 15.5. The fourth-order valence-electron chi connectivity index (χ4n) is 2.10. The molecule has 112 valence electrons. The fraction of sp³-hybridized carbons (Fsp3) is 0.200. The molecule has 0 saturated heterocycles. The molecule has 1 atom stereocenters. The van der Waals surface area contributed by atoms with Crippen molar-refractivity contribution in [2.45, 2.75) is 13.0 Å². The summed E-state index contributed by atoms with van der Waals surface area (Å²) in [5.41, 5.74) is 1.23. The second-order valence-corrected chi connectivity index (χ2v) is 5.76. The molecule has 0 aliphatic heterocycles. The minimum Gasteiger partial charge on any atom is -0.331 e. The van der Waals surface area contributed by atoms with Crippen LogP contribution in [0.3, 0.4) is 0 Å². The highest BCUT2D eigenvalue weighted by Gasteiger charge is 2.24. The molecule has 0 radical (unpaired) electrons. The first kappa shape index (κ1) is 14.4. The Labute approximate surface area is 132 Å². The van der Waals surface area contributed by atoms with Crippen LogP contribution in [0.15, 0.2) is 48.1 Å². The number of carbonyl (C=O) groups is 1. The summed E-state index contributed by atoms with van der Waals surface area (Å²) in [6, 6.07) is 9.37. The van der Waals surface area contributed by atoms with Crippen LogP contribution < -0.4 is 0 Å². The Morgan fingerprint density at radius 2 is 2.09 bits per heavy atom. The highest BCUT2D eigenvalue weighted by molar-refractivity contribution is 7.09. The van der Waals surface area contributed by atoms with E-state index in [9.17, 15) is 4.79 Å². The van der Waals surface area contributed by atoms with E-state index in [1.54, 1.807) is 22.8 Å². The van der Waals surface area contributed by atoms with Gasteiger partial charge in [0.1, 0.15) is 5.01 Å². The van der Waals surface area contributed by atoms with Gasteiger partial charge < -0.3 is 4.90 Å². The van der Waals surface area contributed by atoms with Crippen LogP contribution in [0.25, 0.3) is 5.69 Å². The van der Waals surface area contributed by atoms with Gasteiger partial charge in [0.25, 0.3) is 5.91 Å². The quantitative estimate of drug-likeness (QED) is 0.742. The monoisotopic (exact) mass is 313 g/mol. The normalized spacial score (nSPS) is 12.1. The second kappa shape index (κ2) is 6.07. The number of aromatic nitrogens is 4. The zero-order valence-electron chi connectivity index (χ0n) is 12.2. The molecular formula is C15H15N5OS. The maximum absolute atomic E-state index is 12.7. The molecule has 0 N–H and O–H groups in total. The van der Waals surface area contributed by atoms with Crippen molar-refractivity contribution in [3.8, 4) is 5.69 Å². The van der Waals surface area contributed by atoms with Crippen LogP contribution in [0.5, 0.6) is 0 Å². The molecule has 0 spiro atoms. The van der Waals surface area contributed by atoms with Crippen molar-refractivity contribution < 1.29 is 4.79 Å². The van der Waals surface area contributed by atoms with Gasteiger partial charge in [0.2, 0.25) is 0 Å². The van der Waals surface area contributed by atoms with Crippen molar-refractivity contribution in [1.29, 1.82) is 0 Å². The second-order valence-electron chi connectivity index (χ2n) is 4.83. The van der Waals surface area contributed by atoms with Crippen LogP contribution in [-0.2, 0) is 0 Å². The van der Waals surface area contributed by atoms with E-state index in [-0.39, 0.29) is 11.9 Å². The Balaban J connectivity index is 1.89. The van der Waals surface area contributed by atoms with Crippen molar-refractivity contribution >= 4 is 17.2 Å². The van der Waals surface area contributed by atoms with E-state index in [1.165, 1.54) is 17.5 Å². The van der Waals surface area contributed by atoms with Crippen LogP contribution >= 0.6 is 11.3 Å². The zero-order valence-corrected chi connectivity index (χ0v) is 13.1. The van der Waals surface area contributed by atoms with E-state index in [4.69, 9.17) is 0 Å². The molecule has 1 amide bonds. The van der Waals surface area contributed by atoms with Crippen LogP contribution in [0, 0.1) is 0 Å². The van der Waals surface area contributed by atoms with Gasteiger partial charge in [-0.1, -0.05) is 23.4 Å². The van der Waals surface area contributed by atoms with Crippen molar-refractivity contribution in [1.82, 2.24) is 24.9 Å². The molecule has 2 aromatic heterocycles.